The number of hydrogen-bond donors (Lipinski definition) is 3. The molecule has 0 spiro atoms. The van der Waals surface area contributed by atoms with Crippen LogP contribution >= 0.6 is 0 Å². The minimum atomic E-state index is -2.55. The van der Waals surface area contributed by atoms with Crippen LogP contribution in [-0.2, 0) is 38.1 Å². The van der Waals surface area contributed by atoms with Crippen LogP contribution in [0.25, 0.3) is 0 Å². The van der Waals surface area contributed by atoms with Crippen LogP contribution in [0.3, 0.4) is 0 Å². The van der Waals surface area contributed by atoms with Gasteiger partial charge in [-0.2, -0.15) is 0 Å². The van der Waals surface area contributed by atoms with Crippen LogP contribution in [0.2, 0.25) is 0 Å². The topological polar surface area (TPSA) is 166 Å². The zero-order valence-corrected chi connectivity index (χ0v) is 23.6. The zero-order valence-electron chi connectivity index (χ0n) is 23.6. The lowest BCUT2D eigenvalue weighted by molar-refractivity contribution is -0.199. The standard InChI is InChI=1S/C28H40O11/c1-8-10-11-12-18(31)36-22-20-19(15(4)21(22)37-24(32)14(3)9-2)23-28(35,27(7,34)25(33)38-23)17(30)13-26(20,6)39-16(5)29/h9,17,20-23,30,34-35H,8,10-13H2,1-7H3/b14-9+/t17-,20?,21-,22?,23-,26-,27+,28+/m1/s1. The first-order valence-electron chi connectivity index (χ1n) is 13.3. The summed E-state index contributed by atoms with van der Waals surface area (Å²) < 4.78 is 22.9. The normalized spacial score (nSPS) is 37.9. The molecule has 3 N–H and O–H groups in total. The summed E-state index contributed by atoms with van der Waals surface area (Å²) >= 11 is 0. The molecule has 0 bridgehead atoms. The van der Waals surface area contributed by atoms with Crippen LogP contribution in [-0.4, -0.2) is 80.4 Å². The van der Waals surface area contributed by atoms with Gasteiger partial charge < -0.3 is 34.3 Å². The summed E-state index contributed by atoms with van der Waals surface area (Å²) in [5.74, 6) is -4.25. The molecule has 2 unspecified atom stereocenters. The number of unbranched alkanes of at least 4 members (excludes halogenated alkanes) is 2. The maximum Gasteiger partial charge on any atom is 0.341 e. The summed E-state index contributed by atoms with van der Waals surface area (Å²) in [5, 5.41) is 34.0. The van der Waals surface area contributed by atoms with E-state index in [1.165, 1.54) is 6.92 Å². The lowest BCUT2D eigenvalue weighted by atomic mass is 9.75. The SMILES string of the molecule is C/C=C(\C)C(=O)O[C@@H]1C(C)=C2C(C1OC(=O)CCCCC)[C@](C)(OC(C)=O)C[C@@H](O)[C@]1(O)[C@@H]2OC(=O)[C@]1(C)O. The molecule has 2 aliphatic carbocycles. The number of fused-ring (bicyclic) bond motifs is 3. The highest BCUT2D eigenvalue weighted by Gasteiger charge is 2.74. The number of hydrogen-bond acceptors (Lipinski definition) is 11. The molecule has 3 aliphatic rings. The maximum atomic E-state index is 13.0. The average molecular weight is 553 g/mol. The molecule has 2 fully saturated rings. The van der Waals surface area contributed by atoms with E-state index in [0.717, 1.165) is 26.7 Å². The molecular formula is C28H40O11. The van der Waals surface area contributed by atoms with E-state index in [1.54, 1.807) is 26.8 Å². The molecule has 0 aromatic carbocycles. The van der Waals surface area contributed by atoms with Crippen LogP contribution in [0, 0.1) is 5.92 Å². The van der Waals surface area contributed by atoms with E-state index >= 15 is 0 Å². The number of allylic oxidation sites excluding steroid dienone is 1. The van der Waals surface area contributed by atoms with Gasteiger partial charge in [0.25, 0.3) is 0 Å². The fourth-order valence-electron chi connectivity index (χ4n) is 6.03. The highest BCUT2D eigenvalue weighted by molar-refractivity contribution is 5.88. The van der Waals surface area contributed by atoms with Gasteiger partial charge >= 0.3 is 23.9 Å². The minimum Gasteiger partial charge on any atom is -0.459 e. The predicted molar refractivity (Wildman–Crippen MR) is 136 cm³/mol. The van der Waals surface area contributed by atoms with Crippen LogP contribution in [0.5, 0.6) is 0 Å². The Morgan fingerprint density at radius 3 is 2.33 bits per heavy atom. The van der Waals surface area contributed by atoms with Crippen molar-refractivity contribution in [3.8, 4) is 0 Å². The summed E-state index contributed by atoms with van der Waals surface area (Å²) in [4.78, 5) is 50.9. The molecule has 11 nitrogen and oxygen atoms in total. The van der Waals surface area contributed by atoms with Crippen molar-refractivity contribution in [1.29, 1.82) is 0 Å². The molecule has 0 radical (unpaired) electrons. The number of carbonyl (C=O) groups excluding carboxylic acids is 4. The summed E-state index contributed by atoms with van der Waals surface area (Å²) in [5.41, 5.74) is -5.99. The molecule has 1 aliphatic heterocycles. The quantitative estimate of drug-likeness (QED) is 0.132. The van der Waals surface area contributed by atoms with E-state index in [-0.39, 0.29) is 23.1 Å². The molecule has 0 aromatic rings. The molecule has 8 atom stereocenters. The van der Waals surface area contributed by atoms with Gasteiger partial charge in [0.15, 0.2) is 29.5 Å². The Labute approximate surface area is 228 Å². The average Bonchev–Trinajstić information content (AvgIpc) is 3.18. The van der Waals surface area contributed by atoms with Crippen LogP contribution in [0.4, 0.5) is 0 Å². The zero-order chi connectivity index (χ0) is 29.5. The molecule has 3 rings (SSSR count). The first kappa shape index (κ1) is 30.8. The second-order valence-electron chi connectivity index (χ2n) is 11.1. The summed E-state index contributed by atoms with van der Waals surface area (Å²) in [6, 6.07) is 0. The van der Waals surface area contributed by atoms with Gasteiger partial charge in [-0.1, -0.05) is 25.8 Å². The van der Waals surface area contributed by atoms with Gasteiger partial charge in [-0.25, -0.2) is 9.59 Å². The molecule has 39 heavy (non-hydrogen) atoms. The molecular weight excluding hydrogens is 512 g/mol. The molecule has 1 saturated carbocycles. The number of carbonyl (C=O) groups is 4. The van der Waals surface area contributed by atoms with Gasteiger partial charge in [-0.05, 0) is 52.2 Å². The third kappa shape index (κ3) is 5.12. The first-order valence-corrected chi connectivity index (χ1v) is 13.3. The smallest absolute Gasteiger partial charge is 0.341 e. The van der Waals surface area contributed by atoms with E-state index in [9.17, 15) is 34.5 Å². The second kappa shape index (κ2) is 11.0. The fourth-order valence-corrected chi connectivity index (χ4v) is 6.03. The number of aliphatic hydroxyl groups excluding tert-OH is 1. The van der Waals surface area contributed by atoms with E-state index < -0.39 is 77.4 Å². The number of aliphatic hydroxyl groups is 3. The molecule has 0 amide bonds. The van der Waals surface area contributed by atoms with E-state index in [4.69, 9.17) is 18.9 Å². The number of rotatable bonds is 8. The van der Waals surface area contributed by atoms with Crippen molar-refractivity contribution in [2.75, 3.05) is 0 Å². The van der Waals surface area contributed by atoms with Crippen molar-refractivity contribution < 1.29 is 53.4 Å². The first-order chi connectivity index (χ1) is 18.1. The van der Waals surface area contributed by atoms with E-state index in [1.807, 2.05) is 6.92 Å². The Kier molecular flexibility index (Phi) is 8.69. The van der Waals surface area contributed by atoms with Crippen molar-refractivity contribution in [3.63, 3.8) is 0 Å². The Morgan fingerprint density at radius 2 is 1.77 bits per heavy atom. The lowest BCUT2D eigenvalue weighted by Gasteiger charge is -2.40. The third-order valence-electron chi connectivity index (χ3n) is 8.31. The minimum absolute atomic E-state index is 0.0873. The molecule has 1 heterocycles. The number of ether oxygens (including phenoxy) is 4. The molecule has 11 heteroatoms. The highest BCUT2D eigenvalue weighted by atomic mass is 16.6. The Balaban J connectivity index is 2.23. The van der Waals surface area contributed by atoms with Gasteiger partial charge in [0, 0.05) is 25.3 Å². The predicted octanol–water partition coefficient (Wildman–Crippen LogP) is 1.80. The van der Waals surface area contributed by atoms with Gasteiger partial charge in [0.05, 0.1) is 12.0 Å². The Hall–Kier alpha value is -2.76. The van der Waals surface area contributed by atoms with Gasteiger partial charge in [-0.15, -0.1) is 0 Å². The Bertz CT molecular complexity index is 1090. The fraction of sp³-hybridized carbons (Fsp3) is 0.714. The van der Waals surface area contributed by atoms with Crippen molar-refractivity contribution in [3.05, 3.63) is 22.8 Å². The molecule has 0 aromatic heterocycles. The number of esters is 4. The summed E-state index contributed by atoms with van der Waals surface area (Å²) in [7, 11) is 0. The van der Waals surface area contributed by atoms with E-state index in [2.05, 4.69) is 0 Å². The highest BCUT2D eigenvalue weighted by Crippen LogP contribution is 2.56. The second-order valence-corrected chi connectivity index (χ2v) is 11.1. The summed E-state index contributed by atoms with van der Waals surface area (Å²) in [6.45, 7) is 10.5. The summed E-state index contributed by atoms with van der Waals surface area (Å²) in [6.07, 6.45) is -2.42. The monoisotopic (exact) mass is 552 g/mol. The third-order valence-corrected chi connectivity index (χ3v) is 8.31. The molecule has 1 saturated heterocycles. The molecule has 218 valence electrons. The van der Waals surface area contributed by atoms with Crippen LogP contribution in [0.1, 0.15) is 80.6 Å². The van der Waals surface area contributed by atoms with Gasteiger partial charge in [-0.3, -0.25) is 9.59 Å². The van der Waals surface area contributed by atoms with E-state index in [0.29, 0.717) is 6.42 Å². The largest absolute Gasteiger partial charge is 0.459 e. The van der Waals surface area contributed by atoms with Crippen LogP contribution < -0.4 is 0 Å². The van der Waals surface area contributed by atoms with Crippen molar-refractivity contribution in [2.24, 2.45) is 5.92 Å². The Morgan fingerprint density at radius 1 is 1.13 bits per heavy atom. The van der Waals surface area contributed by atoms with Gasteiger partial charge in [0.1, 0.15) is 5.60 Å². The van der Waals surface area contributed by atoms with Crippen molar-refractivity contribution >= 4 is 23.9 Å². The van der Waals surface area contributed by atoms with Crippen LogP contribution in [0.15, 0.2) is 22.8 Å². The lowest BCUT2D eigenvalue weighted by Crippen LogP contribution is -2.63. The maximum absolute atomic E-state index is 13.0. The van der Waals surface area contributed by atoms with Crippen molar-refractivity contribution in [1.82, 2.24) is 0 Å². The van der Waals surface area contributed by atoms with Crippen molar-refractivity contribution in [2.45, 2.75) is 122 Å². The van der Waals surface area contributed by atoms with Gasteiger partial charge in [0.2, 0.25) is 0 Å².